The summed E-state index contributed by atoms with van der Waals surface area (Å²) in [5.74, 6) is 0. The van der Waals surface area contributed by atoms with Crippen LogP contribution in [0.15, 0.2) is 24.3 Å². The minimum Gasteiger partial charge on any atom is -0.374 e. The van der Waals surface area contributed by atoms with E-state index in [0.29, 0.717) is 0 Å². The maximum atomic E-state index is 6.44. The molecule has 0 amide bonds. The van der Waals surface area contributed by atoms with Gasteiger partial charge in [0.1, 0.15) is 0 Å². The van der Waals surface area contributed by atoms with E-state index in [0.717, 1.165) is 25.9 Å². The predicted molar refractivity (Wildman–Crippen MR) is 77.8 cm³/mol. The lowest BCUT2D eigenvalue weighted by Gasteiger charge is -2.37. The number of ether oxygens (including phenoxy) is 1. The Morgan fingerprint density at radius 3 is 2.28 bits per heavy atom. The average molecular weight is 249 g/mol. The molecule has 0 aliphatic heterocycles. The van der Waals surface area contributed by atoms with Gasteiger partial charge in [0, 0.05) is 12.6 Å². The van der Waals surface area contributed by atoms with Gasteiger partial charge in [0.25, 0.3) is 0 Å². The summed E-state index contributed by atoms with van der Waals surface area (Å²) < 4.78 is 5.98. The van der Waals surface area contributed by atoms with Crippen LogP contribution in [-0.2, 0) is 11.2 Å². The van der Waals surface area contributed by atoms with Gasteiger partial charge >= 0.3 is 0 Å². The molecule has 0 radical (unpaired) electrons. The van der Waals surface area contributed by atoms with Gasteiger partial charge in [-0.3, -0.25) is 0 Å². The number of benzene rings is 1. The molecule has 0 saturated heterocycles. The van der Waals surface area contributed by atoms with E-state index in [1.54, 1.807) is 0 Å². The van der Waals surface area contributed by atoms with Gasteiger partial charge in [-0.25, -0.2) is 0 Å². The molecular weight excluding hydrogens is 222 g/mol. The molecular formula is C16H27NO. The fourth-order valence-corrected chi connectivity index (χ4v) is 2.64. The summed E-state index contributed by atoms with van der Waals surface area (Å²) in [6.07, 6.45) is 2.81. The summed E-state index contributed by atoms with van der Waals surface area (Å²) >= 11 is 0. The first-order valence-corrected chi connectivity index (χ1v) is 7.03. The topological polar surface area (TPSA) is 35.2 Å². The van der Waals surface area contributed by atoms with E-state index >= 15 is 0 Å². The molecule has 1 aromatic rings. The van der Waals surface area contributed by atoms with Gasteiger partial charge in [-0.05, 0) is 44.2 Å². The van der Waals surface area contributed by atoms with Crippen molar-refractivity contribution in [2.24, 2.45) is 5.73 Å². The molecule has 0 spiro atoms. The number of rotatable bonds is 7. The molecule has 2 N–H and O–H groups in total. The molecule has 0 aliphatic rings. The Bertz CT molecular complexity index is 358. The van der Waals surface area contributed by atoms with E-state index in [1.807, 2.05) is 6.92 Å². The maximum absolute atomic E-state index is 6.44. The minimum atomic E-state index is -0.184. The first kappa shape index (κ1) is 15.2. The summed E-state index contributed by atoms with van der Waals surface area (Å²) in [6, 6.07) is 8.50. The Morgan fingerprint density at radius 1 is 1.17 bits per heavy atom. The van der Waals surface area contributed by atoms with Gasteiger partial charge < -0.3 is 10.5 Å². The largest absolute Gasteiger partial charge is 0.374 e. The van der Waals surface area contributed by atoms with Crippen LogP contribution in [-0.4, -0.2) is 18.2 Å². The summed E-state index contributed by atoms with van der Waals surface area (Å²) in [5.41, 5.74) is 8.89. The monoisotopic (exact) mass is 249 g/mol. The fourth-order valence-electron chi connectivity index (χ4n) is 2.64. The number of hydrogen-bond acceptors (Lipinski definition) is 2. The van der Waals surface area contributed by atoms with Crippen molar-refractivity contribution >= 4 is 0 Å². The average Bonchev–Trinajstić information content (AvgIpc) is 2.38. The molecule has 0 aliphatic carbocycles. The van der Waals surface area contributed by atoms with Crippen molar-refractivity contribution in [1.82, 2.24) is 0 Å². The third kappa shape index (κ3) is 3.33. The van der Waals surface area contributed by atoms with Crippen molar-refractivity contribution in [1.29, 1.82) is 0 Å². The summed E-state index contributed by atoms with van der Waals surface area (Å²) in [7, 11) is 0. The number of aryl methyl sites for hydroxylation is 1. The van der Waals surface area contributed by atoms with Crippen LogP contribution in [0.2, 0.25) is 0 Å². The maximum Gasteiger partial charge on any atom is 0.0830 e. The standard InChI is InChI=1S/C16H27NO/c1-5-16(6-2,18-7-3)15(17)12-14-11-9-8-10-13(14)4/h8-11,15H,5-7,12,17H2,1-4H3. The van der Waals surface area contributed by atoms with E-state index in [-0.39, 0.29) is 11.6 Å². The first-order valence-electron chi connectivity index (χ1n) is 7.03. The van der Waals surface area contributed by atoms with Gasteiger partial charge in [0.2, 0.25) is 0 Å². The van der Waals surface area contributed by atoms with Crippen molar-refractivity contribution in [3.63, 3.8) is 0 Å². The Labute approximate surface area is 112 Å². The Balaban J connectivity index is 2.85. The molecule has 1 aromatic carbocycles. The molecule has 2 nitrogen and oxygen atoms in total. The predicted octanol–water partition coefficient (Wildman–Crippen LogP) is 3.46. The highest BCUT2D eigenvalue weighted by molar-refractivity contribution is 5.26. The van der Waals surface area contributed by atoms with Crippen LogP contribution in [0.4, 0.5) is 0 Å². The molecule has 1 rings (SSSR count). The van der Waals surface area contributed by atoms with E-state index < -0.39 is 0 Å². The van der Waals surface area contributed by atoms with Gasteiger partial charge in [-0.1, -0.05) is 38.1 Å². The van der Waals surface area contributed by atoms with E-state index in [1.165, 1.54) is 11.1 Å². The van der Waals surface area contributed by atoms with Gasteiger partial charge in [-0.2, -0.15) is 0 Å². The fraction of sp³-hybridized carbons (Fsp3) is 0.625. The highest BCUT2D eigenvalue weighted by Crippen LogP contribution is 2.26. The van der Waals surface area contributed by atoms with Crippen molar-refractivity contribution in [3.05, 3.63) is 35.4 Å². The smallest absolute Gasteiger partial charge is 0.0830 e. The van der Waals surface area contributed by atoms with Gasteiger partial charge in [0.05, 0.1) is 5.60 Å². The quantitative estimate of drug-likeness (QED) is 0.803. The zero-order valence-electron chi connectivity index (χ0n) is 12.2. The second-order valence-electron chi connectivity index (χ2n) is 4.94. The van der Waals surface area contributed by atoms with Crippen LogP contribution < -0.4 is 5.73 Å². The lowest BCUT2D eigenvalue weighted by atomic mass is 9.84. The second kappa shape index (κ2) is 6.91. The molecule has 102 valence electrons. The van der Waals surface area contributed by atoms with Gasteiger partial charge in [-0.15, -0.1) is 0 Å². The van der Waals surface area contributed by atoms with Crippen LogP contribution in [0.1, 0.15) is 44.7 Å². The normalized spacial score (nSPS) is 13.6. The number of hydrogen-bond donors (Lipinski definition) is 1. The molecule has 0 aromatic heterocycles. The van der Waals surface area contributed by atoms with Crippen molar-refractivity contribution in [3.8, 4) is 0 Å². The summed E-state index contributed by atoms with van der Waals surface area (Å²) in [5, 5.41) is 0. The lowest BCUT2D eigenvalue weighted by Crippen LogP contribution is -2.50. The Hall–Kier alpha value is -0.860. The molecule has 1 atom stereocenters. The zero-order chi connectivity index (χ0) is 13.6. The summed E-state index contributed by atoms with van der Waals surface area (Å²) in [6.45, 7) is 9.24. The van der Waals surface area contributed by atoms with Crippen LogP contribution in [0.5, 0.6) is 0 Å². The molecule has 0 saturated carbocycles. The SMILES string of the molecule is CCOC(CC)(CC)C(N)Cc1ccccc1C. The molecule has 18 heavy (non-hydrogen) atoms. The van der Waals surface area contributed by atoms with E-state index in [4.69, 9.17) is 10.5 Å². The van der Waals surface area contributed by atoms with Crippen molar-refractivity contribution < 1.29 is 4.74 Å². The summed E-state index contributed by atoms with van der Waals surface area (Å²) in [4.78, 5) is 0. The van der Waals surface area contributed by atoms with Crippen LogP contribution >= 0.6 is 0 Å². The first-order chi connectivity index (χ1) is 8.59. The zero-order valence-corrected chi connectivity index (χ0v) is 12.2. The highest BCUT2D eigenvalue weighted by Gasteiger charge is 2.34. The molecule has 0 heterocycles. The second-order valence-corrected chi connectivity index (χ2v) is 4.94. The van der Waals surface area contributed by atoms with Crippen LogP contribution in [0, 0.1) is 6.92 Å². The Morgan fingerprint density at radius 2 is 1.78 bits per heavy atom. The highest BCUT2D eigenvalue weighted by atomic mass is 16.5. The van der Waals surface area contributed by atoms with Crippen LogP contribution in [0.25, 0.3) is 0 Å². The molecule has 0 fully saturated rings. The third-order valence-electron chi connectivity index (χ3n) is 4.01. The molecule has 0 bridgehead atoms. The van der Waals surface area contributed by atoms with Gasteiger partial charge in [0.15, 0.2) is 0 Å². The van der Waals surface area contributed by atoms with E-state index in [2.05, 4.69) is 45.0 Å². The lowest BCUT2D eigenvalue weighted by molar-refractivity contribution is -0.0633. The minimum absolute atomic E-state index is 0.0496. The molecule has 1 unspecified atom stereocenters. The third-order valence-corrected chi connectivity index (χ3v) is 4.01. The van der Waals surface area contributed by atoms with Crippen molar-refractivity contribution in [2.45, 2.75) is 58.6 Å². The van der Waals surface area contributed by atoms with E-state index in [9.17, 15) is 0 Å². The van der Waals surface area contributed by atoms with Crippen molar-refractivity contribution in [2.75, 3.05) is 6.61 Å². The van der Waals surface area contributed by atoms with Crippen LogP contribution in [0.3, 0.4) is 0 Å². The Kier molecular flexibility index (Phi) is 5.83. The number of nitrogens with two attached hydrogens (primary N) is 1. The molecule has 2 heteroatoms.